The molecular weight excluding hydrogens is 228 g/mol. The quantitative estimate of drug-likeness (QED) is 0.796. The molecular formula is C14H22N2O2. The van der Waals surface area contributed by atoms with Crippen LogP contribution in [0, 0.1) is 0 Å². The number of nitrogens with two attached hydrogens (primary N) is 1. The molecule has 1 aromatic rings. The Kier molecular flexibility index (Phi) is 6.22. The minimum atomic E-state index is 0.166. The zero-order valence-electron chi connectivity index (χ0n) is 11.2. The number of likely N-dealkylation sites (N-methyl/N-ethyl adjacent to an activating group) is 1. The number of benzene rings is 1. The maximum Gasteiger partial charge on any atom is 0.222 e. The summed E-state index contributed by atoms with van der Waals surface area (Å²) in [7, 11) is 1.64. The Balaban J connectivity index is 2.45. The first kappa shape index (κ1) is 14.5. The van der Waals surface area contributed by atoms with Crippen LogP contribution in [0.2, 0.25) is 0 Å². The molecule has 0 spiro atoms. The Labute approximate surface area is 109 Å². The molecule has 0 saturated carbocycles. The lowest BCUT2D eigenvalue weighted by molar-refractivity contribution is -0.130. The molecule has 18 heavy (non-hydrogen) atoms. The van der Waals surface area contributed by atoms with Gasteiger partial charge in [-0.15, -0.1) is 0 Å². The molecule has 100 valence electrons. The average molecular weight is 250 g/mol. The van der Waals surface area contributed by atoms with Gasteiger partial charge in [0.05, 0.1) is 7.11 Å². The Morgan fingerprint density at radius 3 is 2.50 bits per heavy atom. The van der Waals surface area contributed by atoms with E-state index in [2.05, 4.69) is 0 Å². The van der Waals surface area contributed by atoms with Crippen molar-refractivity contribution in [3.8, 4) is 5.75 Å². The average Bonchev–Trinajstić information content (AvgIpc) is 2.42. The Morgan fingerprint density at radius 2 is 2.00 bits per heavy atom. The highest BCUT2D eigenvalue weighted by Gasteiger charge is 2.10. The van der Waals surface area contributed by atoms with Crippen LogP contribution in [0.3, 0.4) is 0 Å². The molecule has 4 heteroatoms. The molecule has 0 aliphatic rings. The maximum absolute atomic E-state index is 11.9. The number of carbonyl (C=O) groups is 1. The molecule has 0 aromatic heterocycles. The second kappa shape index (κ2) is 7.71. The maximum atomic E-state index is 11.9. The van der Waals surface area contributed by atoms with Crippen molar-refractivity contribution in [1.82, 2.24) is 4.90 Å². The summed E-state index contributed by atoms with van der Waals surface area (Å²) in [6.07, 6.45) is 1.28. The first-order valence-corrected chi connectivity index (χ1v) is 6.32. The lowest BCUT2D eigenvalue weighted by Crippen LogP contribution is -2.35. The molecule has 0 heterocycles. The van der Waals surface area contributed by atoms with Gasteiger partial charge in [0.1, 0.15) is 5.75 Å². The molecule has 0 saturated heterocycles. The van der Waals surface area contributed by atoms with Crippen LogP contribution in [0.5, 0.6) is 5.75 Å². The molecule has 1 rings (SSSR count). The van der Waals surface area contributed by atoms with E-state index in [0.29, 0.717) is 19.5 Å². The summed E-state index contributed by atoms with van der Waals surface area (Å²) in [6, 6.07) is 7.81. The van der Waals surface area contributed by atoms with Crippen molar-refractivity contribution in [2.45, 2.75) is 19.8 Å². The van der Waals surface area contributed by atoms with Crippen molar-refractivity contribution in [2.24, 2.45) is 5.73 Å². The van der Waals surface area contributed by atoms with Crippen LogP contribution in [0.25, 0.3) is 0 Å². The number of ether oxygens (including phenoxy) is 1. The van der Waals surface area contributed by atoms with Crippen LogP contribution < -0.4 is 10.5 Å². The fourth-order valence-corrected chi connectivity index (χ4v) is 1.82. The van der Waals surface area contributed by atoms with E-state index in [1.807, 2.05) is 31.2 Å². The van der Waals surface area contributed by atoms with Gasteiger partial charge < -0.3 is 15.4 Å². The van der Waals surface area contributed by atoms with Gasteiger partial charge in [-0.3, -0.25) is 4.79 Å². The first-order valence-electron chi connectivity index (χ1n) is 6.32. The van der Waals surface area contributed by atoms with Crippen LogP contribution in [-0.2, 0) is 11.2 Å². The fourth-order valence-electron chi connectivity index (χ4n) is 1.82. The number of rotatable bonds is 7. The van der Waals surface area contributed by atoms with E-state index in [1.54, 1.807) is 12.0 Å². The molecule has 4 nitrogen and oxygen atoms in total. The summed E-state index contributed by atoms with van der Waals surface area (Å²) < 4.78 is 5.09. The number of nitrogens with zero attached hydrogens (tertiary/aromatic N) is 1. The zero-order valence-corrected chi connectivity index (χ0v) is 11.2. The van der Waals surface area contributed by atoms with Gasteiger partial charge in [-0.25, -0.2) is 0 Å². The minimum absolute atomic E-state index is 0.166. The lowest BCUT2D eigenvalue weighted by atomic mass is 10.1. The van der Waals surface area contributed by atoms with Gasteiger partial charge in [-0.2, -0.15) is 0 Å². The molecule has 0 atom stereocenters. The smallest absolute Gasteiger partial charge is 0.222 e. The summed E-state index contributed by atoms with van der Waals surface area (Å²) in [5.41, 5.74) is 6.62. The minimum Gasteiger partial charge on any atom is -0.497 e. The van der Waals surface area contributed by atoms with E-state index >= 15 is 0 Å². The molecule has 0 unspecified atom stereocenters. The van der Waals surface area contributed by atoms with Crippen molar-refractivity contribution in [3.05, 3.63) is 29.8 Å². The van der Waals surface area contributed by atoms with Crippen molar-refractivity contribution < 1.29 is 9.53 Å². The van der Waals surface area contributed by atoms with Gasteiger partial charge in [0.25, 0.3) is 0 Å². The van der Waals surface area contributed by atoms with E-state index in [9.17, 15) is 4.79 Å². The van der Waals surface area contributed by atoms with Gasteiger partial charge in [0, 0.05) is 26.1 Å². The Morgan fingerprint density at radius 1 is 1.33 bits per heavy atom. The van der Waals surface area contributed by atoms with E-state index in [0.717, 1.165) is 24.3 Å². The van der Waals surface area contributed by atoms with Crippen LogP contribution in [-0.4, -0.2) is 37.6 Å². The van der Waals surface area contributed by atoms with Gasteiger partial charge in [0.2, 0.25) is 5.91 Å². The Hall–Kier alpha value is -1.55. The number of carbonyl (C=O) groups excluding carboxylic acids is 1. The van der Waals surface area contributed by atoms with E-state index in [1.165, 1.54) is 0 Å². The molecule has 0 bridgehead atoms. The van der Waals surface area contributed by atoms with Crippen LogP contribution in [0.15, 0.2) is 24.3 Å². The van der Waals surface area contributed by atoms with Gasteiger partial charge in [0.15, 0.2) is 0 Å². The van der Waals surface area contributed by atoms with E-state index in [-0.39, 0.29) is 5.91 Å². The summed E-state index contributed by atoms with van der Waals surface area (Å²) in [5, 5.41) is 0. The Bertz CT molecular complexity index is 363. The molecule has 1 aromatic carbocycles. The van der Waals surface area contributed by atoms with E-state index in [4.69, 9.17) is 10.5 Å². The van der Waals surface area contributed by atoms with Gasteiger partial charge in [-0.1, -0.05) is 12.1 Å². The number of methoxy groups -OCH3 is 1. The van der Waals surface area contributed by atoms with E-state index < -0.39 is 0 Å². The summed E-state index contributed by atoms with van der Waals surface area (Å²) >= 11 is 0. The van der Waals surface area contributed by atoms with Crippen LogP contribution in [0.4, 0.5) is 0 Å². The number of aryl methyl sites for hydroxylation is 1. The third-order valence-corrected chi connectivity index (χ3v) is 2.92. The second-order valence-electron chi connectivity index (χ2n) is 4.11. The third-order valence-electron chi connectivity index (χ3n) is 2.92. The SMILES string of the molecule is CCN(CCN)C(=O)CCc1ccc(OC)cc1. The zero-order chi connectivity index (χ0) is 13.4. The highest BCUT2D eigenvalue weighted by Crippen LogP contribution is 2.13. The third kappa shape index (κ3) is 4.37. The van der Waals surface area contributed by atoms with Crippen LogP contribution >= 0.6 is 0 Å². The number of amides is 1. The topological polar surface area (TPSA) is 55.6 Å². The predicted molar refractivity (Wildman–Crippen MR) is 72.6 cm³/mol. The molecule has 0 aliphatic carbocycles. The molecule has 0 fully saturated rings. The van der Waals surface area contributed by atoms with Crippen LogP contribution in [0.1, 0.15) is 18.9 Å². The molecule has 0 aliphatic heterocycles. The predicted octanol–water partition coefficient (Wildman–Crippen LogP) is 1.43. The fraction of sp³-hybridized carbons (Fsp3) is 0.500. The molecule has 1 amide bonds. The first-order chi connectivity index (χ1) is 8.71. The van der Waals surface area contributed by atoms with Crippen molar-refractivity contribution in [1.29, 1.82) is 0 Å². The lowest BCUT2D eigenvalue weighted by Gasteiger charge is -2.19. The van der Waals surface area contributed by atoms with Crippen molar-refractivity contribution >= 4 is 5.91 Å². The molecule has 0 radical (unpaired) electrons. The summed E-state index contributed by atoms with van der Waals surface area (Å²) in [5.74, 6) is 1.00. The van der Waals surface area contributed by atoms with Crippen molar-refractivity contribution in [2.75, 3.05) is 26.7 Å². The normalized spacial score (nSPS) is 10.2. The highest BCUT2D eigenvalue weighted by molar-refractivity contribution is 5.76. The van der Waals surface area contributed by atoms with Gasteiger partial charge >= 0.3 is 0 Å². The largest absolute Gasteiger partial charge is 0.497 e. The summed E-state index contributed by atoms with van der Waals surface area (Å²) in [4.78, 5) is 13.7. The monoisotopic (exact) mass is 250 g/mol. The standard InChI is InChI=1S/C14H22N2O2/c1-3-16(11-10-15)14(17)9-6-12-4-7-13(18-2)8-5-12/h4-5,7-8H,3,6,9-11,15H2,1-2H3. The van der Waals surface area contributed by atoms with Gasteiger partial charge in [-0.05, 0) is 31.0 Å². The molecule has 2 N–H and O–H groups in total. The van der Waals surface area contributed by atoms with Crippen molar-refractivity contribution in [3.63, 3.8) is 0 Å². The second-order valence-corrected chi connectivity index (χ2v) is 4.11. The number of hydrogen-bond donors (Lipinski definition) is 1. The highest BCUT2D eigenvalue weighted by atomic mass is 16.5. The number of hydrogen-bond acceptors (Lipinski definition) is 3. The summed E-state index contributed by atoms with van der Waals surface area (Å²) in [6.45, 7) is 3.85.